The molecule has 2 nitrogen and oxygen atoms in total. The molecule has 0 saturated carbocycles. The van der Waals surface area contributed by atoms with E-state index in [4.69, 9.17) is 5.73 Å². The summed E-state index contributed by atoms with van der Waals surface area (Å²) in [6.45, 7) is 2.17. The van der Waals surface area contributed by atoms with Gasteiger partial charge in [-0.1, -0.05) is 6.92 Å². The maximum Gasteiger partial charge on any atom is 0.0938 e. The Balaban J connectivity index is 2.49. The van der Waals surface area contributed by atoms with E-state index >= 15 is 0 Å². The molecule has 0 aliphatic heterocycles. The Morgan fingerprint density at radius 1 is 1.46 bits per heavy atom. The molecule has 0 unspecified atom stereocenters. The third-order valence-electron chi connectivity index (χ3n) is 1.92. The van der Waals surface area contributed by atoms with E-state index in [0.29, 0.717) is 0 Å². The molecule has 13 heavy (non-hydrogen) atoms. The average molecular weight is 192 g/mol. The summed E-state index contributed by atoms with van der Waals surface area (Å²) in [5.41, 5.74) is 7.58. The van der Waals surface area contributed by atoms with Crippen LogP contribution in [-0.4, -0.2) is 4.98 Å². The van der Waals surface area contributed by atoms with Crippen molar-refractivity contribution in [3.8, 4) is 0 Å². The van der Waals surface area contributed by atoms with Gasteiger partial charge in [-0.3, -0.25) is 0 Å². The summed E-state index contributed by atoms with van der Waals surface area (Å²) in [5.74, 6) is 0. The number of rotatable bonds is 2. The largest absolute Gasteiger partial charge is 0.399 e. The molecular weight excluding hydrogens is 180 g/mol. The summed E-state index contributed by atoms with van der Waals surface area (Å²) < 4.78 is 1.20. The molecule has 2 rings (SSSR count). The lowest BCUT2D eigenvalue weighted by atomic mass is 10.3. The van der Waals surface area contributed by atoms with Gasteiger partial charge in [-0.2, -0.15) is 0 Å². The highest BCUT2D eigenvalue weighted by molar-refractivity contribution is 7.18. The minimum absolute atomic E-state index is 0.819. The van der Waals surface area contributed by atoms with Crippen LogP contribution in [0.2, 0.25) is 0 Å². The van der Waals surface area contributed by atoms with Crippen molar-refractivity contribution in [3.05, 3.63) is 23.2 Å². The van der Waals surface area contributed by atoms with Gasteiger partial charge < -0.3 is 5.73 Å². The van der Waals surface area contributed by atoms with E-state index in [-0.39, 0.29) is 0 Å². The van der Waals surface area contributed by atoms with Crippen LogP contribution in [-0.2, 0) is 6.42 Å². The number of hydrogen-bond acceptors (Lipinski definition) is 3. The molecule has 68 valence electrons. The normalized spacial score (nSPS) is 10.8. The molecule has 0 spiro atoms. The van der Waals surface area contributed by atoms with Gasteiger partial charge in [0.1, 0.15) is 0 Å². The van der Waals surface area contributed by atoms with Crippen LogP contribution in [0.5, 0.6) is 0 Å². The summed E-state index contributed by atoms with van der Waals surface area (Å²) in [7, 11) is 0. The Morgan fingerprint density at radius 3 is 3.08 bits per heavy atom. The Morgan fingerprint density at radius 2 is 2.31 bits per heavy atom. The van der Waals surface area contributed by atoms with Gasteiger partial charge >= 0.3 is 0 Å². The molecule has 0 atom stereocenters. The number of anilines is 1. The van der Waals surface area contributed by atoms with E-state index < -0.39 is 0 Å². The van der Waals surface area contributed by atoms with E-state index in [9.17, 15) is 0 Å². The minimum atomic E-state index is 0.819. The SMILES string of the molecule is CCCc1nc2ccc(N)cc2s1. The number of nitrogens with zero attached hydrogens (tertiary/aromatic N) is 1. The Bertz CT molecular complexity index is 420. The van der Waals surface area contributed by atoms with Crippen LogP contribution in [0, 0.1) is 0 Å². The van der Waals surface area contributed by atoms with Crippen molar-refractivity contribution < 1.29 is 0 Å². The minimum Gasteiger partial charge on any atom is -0.399 e. The number of thiazole rings is 1. The molecule has 0 fully saturated rings. The summed E-state index contributed by atoms with van der Waals surface area (Å²) >= 11 is 1.74. The average Bonchev–Trinajstić information content (AvgIpc) is 2.46. The van der Waals surface area contributed by atoms with Gasteiger partial charge in [-0.05, 0) is 31.0 Å². The number of fused-ring (bicyclic) bond motifs is 1. The number of benzene rings is 1. The zero-order valence-corrected chi connectivity index (χ0v) is 8.40. The maximum absolute atomic E-state index is 5.69. The van der Waals surface area contributed by atoms with Gasteiger partial charge in [0.05, 0.1) is 15.2 Å². The second-order valence-corrected chi connectivity index (χ2v) is 4.20. The number of hydrogen-bond donors (Lipinski definition) is 1. The van der Waals surface area contributed by atoms with Gasteiger partial charge in [-0.25, -0.2) is 4.98 Å². The van der Waals surface area contributed by atoms with Gasteiger partial charge in [0.15, 0.2) is 0 Å². The van der Waals surface area contributed by atoms with E-state index in [1.54, 1.807) is 11.3 Å². The summed E-state index contributed by atoms with van der Waals surface area (Å²) in [6, 6.07) is 5.88. The van der Waals surface area contributed by atoms with E-state index in [1.807, 2.05) is 18.2 Å². The first-order valence-electron chi connectivity index (χ1n) is 4.44. The molecule has 3 heteroatoms. The molecule has 1 heterocycles. The molecule has 0 saturated heterocycles. The third-order valence-corrected chi connectivity index (χ3v) is 3.00. The molecule has 0 amide bonds. The third kappa shape index (κ3) is 1.65. The summed E-state index contributed by atoms with van der Waals surface area (Å²) in [5, 5.41) is 1.21. The molecule has 0 radical (unpaired) electrons. The topological polar surface area (TPSA) is 38.9 Å². The predicted molar refractivity (Wildman–Crippen MR) is 58.0 cm³/mol. The fourth-order valence-corrected chi connectivity index (χ4v) is 2.43. The molecule has 2 N–H and O–H groups in total. The van der Waals surface area contributed by atoms with Crippen LogP contribution in [0.1, 0.15) is 18.4 Å². The fourth-order valence-electron chi connectivity index (χ4n) is 1.31. The molecule has 0 aliphatic rings. The van der Waals surface area contributed by atoms with Crippen LogP contribution in [0.4, 0.5) is 5.69 Å². The number of nitrogens with two attached hydrogens (primary N) is 1. The zero-order chi connectivity index (χ0) is 9.26. The van der Waals surface area contributed by atoms with E-state index in [0.717, 1.165) is 24.0 Å². The van der Waals surface area contributed by atoms with Crippen LogP contribution in [0.25, 0.3) is 10.2 Å². The van der Waals surface area contributed by atoms with Crippen molar-refractivity contribution in [1.29, 1.82) is 0 Å². The summed E-state index contributed by atoms with van der Waals surface area (Å²) in [4.78, 5) is 4.51. The van der Waals surface area contributed by atoms with Crippen molar-refractivity contribution in [3.63, 3.8) is 0 Å². The van der Waals surface area contributed by atoms with Crippen LogP contribution >= 0.6 is 11.3 Å². The Labute approximate surface area is 81.4 Å². The second-order valence-electron chi connectivity index (χ2n) is 3.08. The Kier molecular flexibility index (Phi) is 2.19. The van der Waals surface area contributed by atoms with Crippen molar-refractivity contribution in [1.82, 2.24) is 4.98 Å². The van der Waals surface area contributed by atoms with Gasteiger partial charge in [0.25, 0.3) is 0 Å². The van der Waals surface area contributed by atoms with Gasteiger partial charge in [0, 0.05) is 5.69 Å². The maximum atomic E-state index is 5.69. The highest BCUT2D eigenvalue weighted by Gasteiger charge is 2.02. The second kappa shape index (κ2) is 3.34. The smallest absolute Gasteiger partial charge is 0.0938 e. The molecule has 0 bridgehead atoms. The fraction of sp³-hybridized carbons (Fsp3) is 0.300. The molecule has 2 aromatic rings. The van der Waals surface area contributed by atoms with Gasteiger partial charge in [-0.15, -0.1) is 11.3 Å². The quantitative estimate of drug-likeness (QED) is 0.743. The zero-order valence-electron chi connectivity index (χ0n) is 7.58. The lowest BCUT2D eigenvalue weighted by molar-refractivity contribution is 0.913. The summed E-state index contributed by atoms with van der Waals surface area (Å²) in [6.07, 6.45) is 2.22. The van der Waals surface area contributed by atoms with Crippen LogP contribution in [0.15, 0.2) is 18.2 Å². The van der Waals surface area contributed by atoms with Crippen molar-refractivity contribution in [2.24, 2.45) is 0 Å². The molecular formula is C10H12N2S. The van der Waals surface area contributed by atoms with Crippen molar-refractivity contribution in [2.75, 3.05) is 5.73 Å². The van der Waals surface area contributed by atoms with Crippen molar-refractivity contribution >= 4 is 27.2 Å². The molecule has 1 aromatic carbocycles. The first-order chi connectivity index (χ1) is 6.29. The first kappa shape index (κ1) is 8.51. The molecule has 0 aliphatic carbocycles. The lowest BCUT2D eigenvalue weighted by Gasteiger charge is -1.89. The van der Waals surface area contributed by atoms with Crippen LogP contribution < -0.4 is 5.73 Å². The van der Waals surface area contributed by atoms with Gasteiger partial charge in [0.2, 0.25) is 0 Å². The predicted octanol–water partition coefficient (Wildman–Crippen LogP) is 2.83. The molecule has 1 aromatic heterocycles. The highest BCUT2D eigenvalue weighted by Crippen LogP contribution is 2.24. The van der Waals surface area contributed by atoms with Crippen LogP contribution in [0.3, 0.4) is 0 Å². The van der Waals surface area contributed by atoms with E-state index in [1.165, 1.54) is 9.71 Å². The number of nitrogen functional groups attached to an aromatic ring is 1. The Hall–Kier alpha value is -1.09. The lowest BCUT2D eigenvalue weighted by Crippen LogP contribution is -1.81. The highest BCUT2D eigenvalue weighted by atomic mass is 32.1. The standard InChI is InChI=1S/C10H12N2S/c1-2-3-10-12-8-5-4-7(11)6-9(8)13-10/h4-6H,2-3,11H2,1H3. The number of aromatic nitrogens is 1. The first-order valence-corrected chi connectivity index (χ1v) is 5.26. The van der Waals surface area contributed by atoms with Crippen molar-refractivity contribution in [2.45, 2.75) is 19.8 Å². The number of aryl methyl sites for hydroxylation is 1. The van der Waals surface area contributed by atoms with E-state index in [2.05, 4.69) is 11.9 Å². The monoisotopic (exact) mass is 192 g/mol.